The molecule has 0 aromatic heterocycles. The first-order valence-electron chi connectivity index (χ1n) is 13.0. The maximum Gasteiger partial charge on any atom is 0.125 e. The molecule has 186 valence electrons. The van der Waals surface area contributed by atoms with Gasteiger partial charge in [-0.15, -0.1) is 0 Å². The normalized spacial score (nSPS) is 16.8. The quantitative estimate of drug-likeness (QED) is 0.399. The van der Waals surface area contributed by atoms with Crippen LogP contribution in [0.25, 0.3) is 0 Å². The molecule has 1 fully saturated rings. The highest BCUT2D eigenvalue weighted by atomic mass is 16.5. The summed E-state index contributed by atoms with van der Waals surface area (Å²) in [7, 11) is 6.46. The van der Waals surface area contributed by atoms with E-state index in [4.69, 9.17) is 4.74 Å². The molecule has 4 nitrogen and oxygen atoms in total. The second-order valence-electron chi connectivity index (χ2n) is 9.90. The van der Waals surface area contributed by atoms with Gasteiger partial charge in [0, 0.05) is 31.6 Å². The van der Waals surface area contributed by atoms with Gasteiger partial charge < -0.3 is 15.0 Å². The van der Waals surface area contributed by atoms with E-state index >= 15 is 0 Å². The molecule has 4 heteroatoms. The van der Waals surface area contributed by atoms with Crippen molar-refractivity contribution in [1.29, 1.82) is 0 Å². The molecule has 1 N–H and O–H groups in total. The second kappa shape index (κ2) is 12.3. The maximum atomic E-state index is 6.63. The van der Waals surface area contributed by atoms with Crippen molar-refractivity contribution >= 4 is 0 Å². The number of ether oxygens (including phenoxy) is 1. The lowest BCUT2D eigenvalue weighted by atomic mass is 9.79. The summed E-state index contributed by atoms with van der Waals surface area (Å²) in [4.78, 5) is 5.05. The molecule has 4 rings (SSSR count). The molecule has 3 aromatic carbocycles. The van der Waals surface area contributed by atoms with Crippen molar-refractivity contribution in [3.8, 4) is 5.75 Å². The van der Waals surface area contributed by atoms with Crippen molar-refractivity contribution < 1.29 is 4.74 Å². The van der Waals surface area contributed by atoms with Crippen LogP contribution < -0.4 is 10.1 Å². The highest BCUT2D eigenvalue weighted by Crippen LogP contribution is 2.37. The SMILES string of the molecule is CNCCC(Oc1ccccc1CCN1CCC(c2ccccc2)(N(C)C)CC1)c1ccccc1. The van der Waals surface area contributed by atoms with Crippen molar-refractivity contribution in [1.82, 2.24) is 15.1 Å². The Balaban J connectivity index is 1.40. The van der Waals surface area contributed by atoms with Gasteiger partial charge in [0.15, 0.2) is 0 Å². The summed E-state index contributed by atoms with van der Waals surface area (Å²) >= 11 is 0. The van der Waals surface area contributed by atoms with E-state index in [1.807, 2.05) is 7.05 Å². The molecule has 1 atom stereocenters. The molecule has 1 unspecified atom stereocenters. The number of benzene rings is 3. The van der Waals surface area contributed by atoms with E-state index in [0.717, 1.165) is 57.6 Å². The first-order valence-corrected chi connectivity index (χ1v) is 13.0. The minimum Gasteiger partial charge on any atom is -0.485 e. The highest BCUT2D eigenvalue weighted by Gasteiger charge is 2.37. The van der Waals surface area contributed by atoms with Crippen molar-refractivity contribution in [3.63, 3.8) is 0 Å². The Morgan fingerprint density at radius 3 is 2.17 bits per heavy atom. The lowest BCUT2D eigenvalue weighted by Gasteiger charge is -2.46. The Hall–Kier alpha value is -2.66. The van der Waals surface area contributed by atoms with Crippen molar-refractivity contribution in [2.24, 2.45) is 0 Å². The van der Waals surface area contributed by atoms with Crippen LogP contribution >= 0.6 is 0 Å². The van der Waals surface area contributed by atoms with Crippen LogP contribution in [0.5, 0.6) is 5.75 Å². The molecule has 0 amide bonds. The van der Waals surface area contributed by atoms with E-state index in [1.54, 1.807) is 0 Å². The zero-order chi connectivity index (χ0) is 24.5. The van der Waals surface area contributed by atoms with E-state index < -0.39 is 0 Å². The largest absolute Gasteiger partial charge is 0.485 e. The summed E-state index contributed by atoms with van der Waals surface area (Å²) in [6.45, 7) is 4.21. The third-order valence-electron chi connectivity index (χ3n) is 7.62. The van der Waals surface area contributed by atoms with Crippen LogP contribution in [0.4, 0.5) is 0 Å². The number of nitrogens with zero attached hydrogens (tertiary/aromatic N) is 2. The monoisotopic (exact) mass is 471 g/mol. The average molecular weight is 472 g/mol. The van der Waals surface area contributed by atoms with Gasteiger partial charge >= 0.3 is 0 Å². The Morgan fingerprint density at radius 1 is 0.886 bits per heavy atom. The predicted molar refractivity (Wildman–Crippen MR) is 146 cm³/mol. The van der Waals surface area contributed by atoms with Gasteiger partial charge in [-0.25, -0.2) is 0 Å². The topological polar surface area (TPSA) is 27.7 Å². The van der Waals surface area contributed by atoms with E-state index in [-0.39, 0.29) is 11.6 Å². The lowest BCUT2D eigenvalue weighted by molar-refractivity contribution is 0.0542. The van der Waals surface area contributed by atoms with Gasteiger partial charge in [-0.05, 0) is 69.7 Å². The molecule has 1 aliphatic rings. The van der Waals surface area contributed by atoms with Gasteiger partial charge in [0.05, 0.1) is 0 Å². The number of piperidine rings is 1. The van der Waals surface area contributed by atoms with Crippen LogP contribution in [0.2, 0.25) is 0 Å². The molecule has 1 aliphatic heterocycles. The van der Waals surface area contributed by atoms with E-state index in [9.17, 15) is 0 Å². The van der Waals surface area contributed by atoms with Crippen molar-refractivity contribution in [2.45, 2.75) is 37.3 Å². The minimum absolute atomic E-state index is 0.0476. The Morgan fingerprint density at radius 2 is 1.51 bits per heavy atom. The van der Waals surface area contributed by atoms with Crippen LogP contribution in [0.3, 0.4) is 0 Å². The van der Waals surface area contributed by atoms with Gasteiger partial charge in [0.2, 0.25) is 0 Å². The fourth-order valence-electron chi connectivity index (χ4n) is 5.38. The Bertz CT molecular complexity index is 1010. The van der Waals surface area contributed by atoms with Crippen molar-refractivity contribution in [2.75, 3.05) is 47.3 Å². The fraction of sp³-hybridized carbons (Fsp3) is 0.419. The zero-order valence-electron chi connectivity index (χ0n) is 21.6. The van der Waals surface area contributed by atoms with Crippen LogP contribution in [0.15, 0.2) is 84.9 Å². The van der Waals surface area contributed by atoms with Gasteiger partial charge in [-0.2, -0.15) is 0 Å². The van der Waals surface area contributed by atoms with Crippen LogP contribution in [0, 0.1) is 0 Å². The van der Waals surface area contributed by atoms with Gasteiger partial charge in [0.25, 0.3) is 0 Å². The summed E-state index contributed by atoms with van der Waals surface area (Å²) in [5, 5.41) is 3.27. The summed E-state index contributed by atoms with van der Waals surface area (Å²) in [6, 6.07) is 30.2. The summed E-state index contributed by atoms with van der Waals surface area (Å²) in [5.74, 6) is 1.02. The van der Waals surface area contributed by atoms with Gasteiger partial charge in [-0.3, -0.25) is 4.90 Å². The van der Waals surface area contributed by atoms with Gasteiger partial charge in [0.1, 0.15) is 11.9 Å². The molecular weight excluding hydrogens is 430 g/mol. The number of hydrogen-bond donors (Lipinski definition) is 1. The molecule has 0 saturated carbocycles. The molecule has 0 radical (unpaired) electrons. The van der Waals surface area contributed by atoms with Crippen LogP contribution in [-0.4, -0.2) is 57.1 Å². The average Bonchev–Trinajstić information content (AvgIpc) is 2.91. The molecule has 0 aliphatic carbocycles. The molecule has 0 bridgehead atoms. The third kappa shape index (κ3) is 6.32. The lowest BCUT2D eigenvalue weighted by Crippen LogP contribution is -2.50. The van der Waals surface area contributed by atoms with E-state index in [1.165, 1.54) is 16.7 Å². The smallest absolute Gasteiger partial charge is 0.125 e. The number of rotatable bonds is 11. The Kier molecular flexibility index (Phi) is 8.97. The molecule has 1 heterocycles. The highest BCUT2D eigenvalue weighted by molar-refractivity contribution is 5.35. The summed E-state index contributed by atoms with van der Waals surface area (Å²) in [6.07, 6.45) is 4.30. The first-order chi connectivity index (χ1) is 17.1. The van der Waals surface area contributed by atoms with E-state index in [0.29, 0.717) is 0 Å². The Labute approximate surface area is 211 Å². The van der Waals surface area contributed by atoms with E-state index in [2.05, 4.69) is 114 Å². The predicted octanol–water partition coefficient (Wildman–Crippen LogP) is 5.51. The number of nitrogens with one attached hydrogen (secondary N) is 1. The fourth-order valence-corrected chi connectivity index (χ4v) is 5.38. The molecule has 3 aromatic rings. The maximum absolute atomic E-state index is 6.63. The summed E-state index contributed by atoms with van der Waals surface area (Å²) in [5.41, 5.74) is 4.10. The second-order valence-corrected chi connectivity index (χ2v) is 9.90. The summed E-state index contributed by atoms with van der Waals surface area (Å²) < 4.78 is 6.63. The zero-order valence-corrected chi connectivity index (χ0v) is 21.6. The molecular formula is C31H41N3O. The standard InChI is InChI=1S/C31H41N3O/c1-32-22-18-30(26-12-6-4-7-13-26)35-29-17-11-10-14-27(29)19-23-34-24-20-31(21-25-34,33(2)3)28-15-8-5-9-16-28/h4-17,30,32H,18-25H2,1-3H3. The van der Waals surface area contributed by atoms with Crippen LogP contribution in [-0.2, 0) is 12.0 Å². The third-order valence-corrected chi connectivity index (χ3v) is 7.62. The minimum atomic E-state index is 0.0476. The van der Waals surface area contributed by atoms with Crippen molar-refractivity contribution in [3.05, 3.63) is 102 Å². The number of likely N-dealkylation sites (tertiary alicyclic amines) is 1. The van der Waals surface area contributed by atoms with Gasteiger partial charge in [-0.1, -0.05) is 78.9 Å². The molecule has 35 heavy (non-hydrogen) atoms. The number of para-hydroxylation sites is 1. The van der Waals surface area contributed by atoms with Crippen LogP contribution in [0.1, 0.15) is 42.1 Å². The molecule has 0 spiro atoms. The number of hydrogen-bond acceptors (Lipinski definition) is 4. The first kappa shape index (κ1) is 25.4. The molecule has 1 saturated heterocycles.